The summed E-state index contributed by atoms with van der Waals surface area (Å²) in [6.45, 7) is 4.99. The first-order chi connectivity index (χ1) is 15.3. The van der Waals surface area contributed by atoms with E-state index in [0.29, 0.717) is 41.6 Å². The molecular weight excluding hydrogens is 423 g/mol. The van der Waals surface area contributed by atoms with Crippen molar-refractivity contribution in [1.29, 1.82) is 0 Å². The van der Waals surface area contributed by atoms with E-state index in [2.05, 4.69) is 19.9 Å². The number of hydrogen-bond donors (Lipinski definition) is 1. The number of carbonyl (C=O) groups excluding carboxylic acids is 1. The Balaban J connectivity index is 1.29. The highest BCUT2D eigenvalue weighted by molar-refractivity contribution is 5.92. The summed E-state index contributed by atoms with van der Waals surface area (Å²) in [7, 11) is 1.79. The van der Waals surface area contributed by atoms with Crippen LogP contribution in [0.5, 0.6) is 5.75 Å². The van der Waals surface area contributed by atoms with Crippen LogP contribution in [0.4, 0.5) is 13.2 Å². The van der Waals surface area contributed by atoms with Gasteiger partial charge in [-0.1, -0.05) is 12.1 Å². The highest BCUT2D eigenvalue weighted by atomic mass is 19.4. The molecular formula is C22H26F3N5O2. The van der Waals surface area contributed by atoms with Crippen LogP contribution in [0.25, 0.3) is 0 Å². The number of hydrogen-bond acceptors (Lipinski definition) is 5. The standard InChI is InChI=1S/C22H26F3N5O2/c1-28-12-20(27-13-28)21(31)30(8-14-3-2-4-16(5-14)32-22(23,24)25)11-19-17-9-29(10-18(17)19)15-6-26-7-15/h2-5,12-13,15,17-19,26H,6-11H2,1H3. The molecule has 2 aliphatic heterocycles. The van der Waals surface area contributed by atoms with Crippen LogP contribution in [-0.4, -0.2) is 70.4 Å². The van der Waals surface area contributed by atoms with Crippen molar-refractivity contribution in [2.24, 2.45) is 24.8 Å². The smallest absolute Gasteiger partial charge is 0.406 e. The fourth-order valence-electron chi connectivity index (χ4n) is 5.00. The molecule has 2 atom stereocenters. The topological polar surface area (TPSA) is 62.6 Å². The van der Waals surface area contributed by atoms with E-state index in [1.807, 2.05) is 0 Å². The van der Waals surface area contributed by atoms with Gasteiger partial charge in [0.15, 0.2) is 0 Å². The Kier molecular flexibility index (Phi) is 5.37. The Morgan fingerprint density at radius 2 is 2.03 bits per heavy atom. The summed E-state index contributed by atoms with van der Waals surface area (Å²) in [5, 5.41) is 3.31. The minimum Gasteiger partial charge on any atom is -0.406 e. The lowest BCUT2D eigenvalue weighted by Gasteiger charge is -2.37. The third-order valence-electron chi connectivity index (χ3n) is 6.82. The number of aryl methyl sites for hydroxylation is 1. The molecule has 0 bridgehead atoms. The number of ether oxygens (including phenoxy) is 1. The summed E-state index contributed by atoms with van der Waals surface area (Å²) >= 11 is 0. The van der Waals surface area contributed by atoms with Crippen LogP contribution >= 0.6 is 0 Å². The minimum absolute atomic E-state index is 0.205. The molecule has 1 saturated carbocycles. The maximum Gasteiger partial charge on any atom is 0.573 e. The SMILES string of the molecule is Cn1cnc(C(=O)N(Cc2cccc(OC(F)(F)F)c2)CC2C3CN(C4CNC4)CC23)c1. The Morgan fingerprint density at radius 1 is 1.28 bits per heavy atom. The van der Waals surface area contributed by atoms with E-state index in [-0.39, 0.29) is 18.2 Å². The summed E-state index contributed by atoms with van der Waals surface area (Å²) in [5.74, 6) is 1.08. The second kappa shape index (κ2) is 8.08. The number of imidazole rings is 1. The van der Waals surface area contributed by atoms with Crippen molar-refractivity contribution in [3.8, 4) is 5.75 Å². The molecule has 3 heterocycles. The van der Waals surface area contributed by atoms with Crippen molar-refractivity contribution in [3.63, 3.8) is 0 Å². The monoisotopic (exact) mass is 449 g/mol. The lowest BCUT2D eigenvalue weighted by atomic mass is 10.1. The molecule has 32 heavy (non-hydrogen) atoms. The predicted octanol–water partition coefficient (Wildman–Crippen LogP) is 2.11. The molecule has 2 saturated heterocycles. The molecule has 5 rings (SSSR count). The molecule has 2 unspecified atom stereocenters. The number of fused-ring (bicyclic) bond motifs is 1. The van der Waals surface area contributed by atoms with Crippen molar-refractivity contribution in [3.05, 3.63) is 48.0 Å². The van der Waals surface area contributed by atoms with Crippen molar-refractivity contribution < 1.29 is 22.7 Å². The molecule has 172 valence electrons. The number of carbonyl (C=O) groups is 1. The van der Waals surface area contributed by atoms with E-state index in [1.54, 1.807) is 35.1 Å². The van der Waals surface area contributed by atoms with Crippen LogP contribution in [-0.2, 0) is 13.6 Å². The molecule has 1 N–H and O–H groups in total. The number of piperidine rings is 1. The van der Waals surface area contributed by atoms with Crippen LogP contribution in [0.3, 0.4) is 0 Å². The highest BCUT2D eigenvalue weighted by Crippen LogP contribution is 2.52. The van der Waals surface area contributed by atoms with E-state index < -0.39 is 6.36 Å². The second-order valence-electron chi connectivity index (χ2n) is 9.06. The van der Waals surface area contributed by atoms with Crippen molar-refractivity contribution in [2.75, 3.05) is 32.7 Å². The summed E-state index contributed by atoms with van der Waals surface area (Å²) in [6.07, 6.45) is -1.52. The zero-order chi connectivity index (χ0) is 22.5. The lowest BCUT2D eigenvalue weighted by molar-refractivity contribution is -0.274. The molecule has 0 spiro atoms. The third-order valence-corrected chi connectivity index (χ3v) is 6.82. The molecule has 3 aliphatic rings. The van der Waals surface area contributed by atoms with Gasteiger partial charge < -0.3 is 19.5 Å². The third kappa shape index (κ3) is 4.47. The van der Waals surface area contributed by atoms with Gasteiger partial charge in [0, 0.05) is 58.6 Å². The quantitative estimate of drug-likeness (QED) is 0.702. The molecule has 1 aromatic heterocycles. The fourth-order valence-corrected chi connectivity index (χ4v) is 5.00. The average Bonchev–Trinajstić information content (AvgIpc) is 3.02. The molecule has 1 aromatic carbocycles. The minimum atomic E-state index is -4.75. The summed E-state index contributed by atoms with van der Waals surface area (Å²) in [4.78, 5) is 21.6. The fraction of sp³-hybridized carbons (Fsp3) is 0.545. The van der Waals surface area contributed by atoms with Crippen LogP contribution in [0, 0.1) is 17.8 Å². The number of nitrogens with one attached hydrogen (secondary N) is 1. The first-order valence-corrected chi connectivity index (χ1v) is 10.8. The summed E-state index contributed by atoms with van der Waals surface area (Å²) in [6, 6.07) is 6.45. The van der Waals surface area contributed by atoms with Gasteiger partial charge in [-0.3, -0.25) is 9.69 Å². The number of benzene rings is 1. The number of rotatable bonds is 7. The Labute approximate surface area is 184 Å². The van der Waals surface area contributed by atoms with E-state index in [4.69, 9.17) is 0 Å². The molecule has 7 nitrogen and oxygen atoms in total. The highest BCUT2D eigenvalue weighted by Gasteiger charge is 2.57. The molecule has 2 aromatic rings. The van der Waals surface area contributed by atoms with Gasteiger partial charge in [-0.15, -0.1) is 13.2 Å². The number of nitrogens with zero attached hydrogens (tertiary/aromatic N) is 4. The summed E-state index contributed by atoms with van der Waals surface area (Å²) < 4.78 is 43.6. The van der Waals surface area contributed by atoms with Crippen LogP contribution in [0.2, 0.25) is 0 Å². The second-order valence-corrected chi connectivity index (χ2v) is 9.06. The van der Waals surface area contributed by atoms with E-state index in [9.17, 15) is 18.0 Å². The zero-order valence-electron chi connectivity index (χ0n) is 17.8. The van der Waals surface area contributed by atoms with Crippen molar-refractivity contribution >= 4 is 5.91 Å². The van der Waals surface area contributed by atoms with Gasteiger partial charge >= 0.3 is 6.36 Å². The number of likely N-dealkylation sites (tertiary alicyclic amines) is 1. The normalized spacial score (nSPS) is 25.3. The van der Waals surface area contributed by atoms with Gasteiger partial charge in [0.2, 0.25) is 0 Å². The number of aromatic nitrogens is 2. The van der Waals surface area contributed by atoms with E-state index in [1.165, 1.54) is 18.2 Å². The molecule has 1 aliphatic carbocycles. The number of alkyl halides is 3. The predicted molar refractivity (Wildman–Crippen MR) is 110 cm³/mol. The zero-order valence-corrected chi connectivity index (χ0v) is 17.8. The first kappa shape index (κ1) is 21.3. The van der Waals surface area contributed by atoms with Gasteiger partial charge in [-0.05, 0) is 35.4 Å². The van der Waals surface area contributed by atoms with E-state index >= 15 is 0 Å². The van der Waals surface area contributed by atoms with Crippen LogP contribution in [0.1, 0.15) is 16.1 Å². The molecule has 1 amide bonds. The van der Waals surface area contributed by atoms with Gasteiger partial charge in [0.25, 0.3) is 5.91 Å². The number of halogens is 3. The Morgan fingerprint density at radius 3 is 2.62 bits per heavy atom. The van der Waals surface area contributed by atoms with E-state index in [0.717, 1.165) is 26.2 Å². The van der Waals surface area contributed by atoms with Crippen molar-refractivity contribution in [1.82, 2.24) is 24.7 Å². The van der Waals surface area contributed by atoms with Crippen LogP contribution < -0.4 is 10.1 Å². The van der Waals surface area contributed by atoms with Crippen LogP contribution in [0.15, 0.2) is 36.8 Å². The van der Waals surface area contributed by atoms with Gasteiger partial charge in [-0.2, -0.15) is 0 Å². The largest absolute Gasteiger partial charge is 0.573 e. The average molecular weight is 449 g/mol. The maximum atomic E-state index is 13.2. The van der Waals surface area contributed by atoms with Crippen molar-refractivity contribution in [2.45, 2.75) is 18.9 Å². The Hall–Kier alpha value is -2.59. The van der Waals surface area contributed by atoms with Gasteiger partial charge in [0.05, 0.1) is 6.33 Å². The molecule has 3 fully saturated rings. The lowest BCUT2D eigenvalue weighted by Crippen LogP contribution is -2.57. The maximum absolute atomic E-state index is 13.2. The first-order valence-electron chi connectivity index (χ1n) is 10.8. The molecule has 0 radical (unpaired) electrons. The Bertz CT molecular complexity index is 978. The van der Waals surface area contributed by atoms with Gasteiger partial charge in [0.1, 0.15) is 11.4 Å². The molecule has 10 heteroatoms. The number of amides is 1. The van der Waals surface area contributed by atoms with Gasteiger partial charge in [-0.25, -0.2) is 4.98 Å². The summed E-state index contributed by atoms with van der Waals surface area (Å²) in [5.41, 5.74) is 0.923.